The smallest absolute Gasteiger partial charge is 0.114 e. The molecule has 0 fully saturated rings. The third-order valence-corrected chi connectivity index (χ3v) is 26.4. The van der Waals surface area contributed by atoms with E-state index in [9.17, 15) is 0 Å². The van der Waals surface area contributed by atoms with Crippen LogP contribution in [0.2, 0.25) is 0 Å². The number of benzene rings is 3. The van der Waals surface area contributed by atoms with Gasteiger partial charge in [-0.25, -0.2) is 0 Å². The Morgan fingerprint density at radius 1 is 0.326 bits per heavy atom. The molecule has 10 aromatic rings. The summed E-state index contributed by atoms with van der Waals surface area (Å²) in [5.74, 6) is 0. The van der Waals surface area contributed by atoms with E-state index in [4.69, 9.17) is 8.75 Å². The van der Waals surface area contributed by atoms with Crippen LogP contribution in [0, 0.1) is 13.8 Å². The SMILES string of the molecule is CCCCCCCCc1cc(-c2ccc(-c3cc(CCCCCCCC)c(-c4ccc(-c5ccc(-c6ccc7c(c6)-c6cc(C)ccc6C7(CCCCCCCC)CCCCCCCC)s5)s4)s3)c3nsnc23)sc1-c1ccc(-c2ccc(C)s2)s1. The zero-order chi connectivity index (χ0) is 59.2. The lowest BCUT2D eigenvalue weighted by molar-refractivity contribution is 0.398. The van der Waals surface area contributed by atoms with Crippen LogP contribution < -0.4 is 0 Å². The minimum absolute atomic E-state index is 0.105. The Bertz CT molecular complexity index is 3730. The molecule has 7 heterocycles. The van der Waals surface area contributed by atoms with Gasteiger partial charge in [-0.1, -0.05) is 217 Å². The Balaban J connectivity index is 0.873. The van der Waals surface area contributed by atoms with E-state index < -0.39 is 0 Å². The summed E-state index contributed by atoms with van der Waals surface area (Å²) in [6.07, 6.45) is 36.4. The van der Waals surface area contributed by atoms with E-state index in [0.29, 0.717) is 0 Å². The molecular formula is C77H92N2S7. The molecule has 0 bridgehead atoms. The van der Waals surface area contributed by atoms with Crippen molar-refractivity contribution in [3.8, 4) is 81.5 Å². The van der Waals surface area contributed by atoms with Gasteiger partial charge < -0.3 is 0 Å². The molecule has 0 atom stereocenters. The van der Waals surface area contributed by atoms with Crippen molar-refractivity contribution >= 4 is 90.8 Å². The summed E-state index contributed by atoms with van der Waals surface area (Å²) in [7, 11) is 0. The normalized spacial score (nSPS) is 12.8. The molecule has 0 N–H and O–H groups in total. The molecule has 3 aromatic carbocycles. The largest absolute Gasteiger partial charge is 0.172 e. The predicted molar refractivity (Wildman–Crippen MR) is 389 cm³/mol. The number of rotatable bonds is 35. The Morgan fingerprint density at radius 2 is 0.733 bits per heavy atom. The molecule has 0 amide bonds. The number of thiophene rings is 6. The van der Waals surface area contributed by atoms with Crippen molar-refractivity contribution in [3.63, 3.8) is 0 Å². The van der Waals surface area contributed by atoms with E-state index >= 15 is 0 Å². The Hall–Kier alpha value is -4.32. The number of fused-ring (bicyclic) bond motifs is 4. The van der Waals surface area contributed by atoms with Crippen molar-refractivity contribution < 1.29 is 0 Å². The molecule has 11 rings (SSSR count). The summed E-state index contributed by atoms with van der Waals surface area (Å²) < 4.78 is 10.2. The lowest BCUT2D eigenvalue weighted by Gasteiger charge is -2.33. The lowest BCUT2D eigenvalue weighted by atomic mass is 9.70. The van der Waals surface area contributed by atoms with E-state index in [-0.39, 0.29) is 5.41 Å². The van der Waals surface area contributed by atoms with Gasteiger partial charge in [0.1, 0.15) is 11.0 Å². The van der Waals surface area contributed by atoms with Gasteiger partial charge in [0, 0.05) is 75.1 Å². The topological polar surface area (TPSA) is 25.8 Å². The zero-order valence-electron chi connectivity index (χ0n) is 52.4. The maximum Gasteiger partial charge on any atom is 0.114 e. The molecule has 2 nitrogen and oxygen atoms in total. The van der Waals surface area contributed by atoms with E-state index in [0.717, 1.165) is 23.9 Å². The summed E-state index contributed by atoms with van der Waals surface area (Å²) in [6, 6.07) is 43.7. The summed E-state index contributed by atoms with van der Waals surface area (Å²) >= 11 is 13.1. The maximum atomic E-state index is 5.12. The zero-order valence-corrected chi connectivity index (χ0v) is 58.2. The van der Waals surface area contributed by atoms with Crippen LogP contribution in [0.15, 0.2) is 109 Å². The van der Waals surface area contributed by atoms with Crippen molar-refractivity contribution in [2.24, 2.45) is 0 Å². The average molecular weight is 1270 g/mol. The second-order valence-corrected chi connectivity index (χ2v) is 32.1. The second kappa shape index (κ2) is 30.9. The van der Waals surface area contributed by atoms with Crippen LogP contribution in [0.25, 0.3) is 92.5 Å². The number of aryl methyl sites for hydroxylation is 4. The molecule has 0 saturated heterocycles. The van der Waals surface area contributed by atoms with E-state index in [2.05, 4.69) is 151 Å². The van der Waals surface area contributed by atoms with Crippen molar-refractivity contribution in [2.75, 3.05) is 0 Å². The quantitative estimate of drug-likeness (QED) is 0.0370. The van der Waals surface area contributed by atoms with Gasteiger partial charge in [-0.3, -0.25) is 0 Å². The van der Waals surface area contributed by atoms with Crippen LogP contribution in [-0.2, 0) is 18.3 Å². The van der Waals surface area contributed by atoms with Crippen LogP contribution in [0.3, 0.4) is 0 Å². The van der Waals surface area contributed by atoms with Crippen LogP contribution in [0.5, 0.6) is 0 Å². The highest BCUT2D eigenvalue weighted by Crippen LogP contribution is 2.56. The molecule has 0 saturated carbocycles. The van der Waals surface area contributed by atoms with Gasteiger partial charge in [0.25, 0.3) is 0 Å². The van der Waals surface area contributed by atoms with Gasteiger partial charge in [0.2, 0.25) is 0 Å². The number of hydrogen-bond acceptors (Lipinski definition) is 9. The number of hydrogen-bond donors (Lipinski definition) is 0. The number of nitrogens with zero attached hydrogens (tertiary/aromatic N) is 2. The molecule has 0 unspecified atom stereocenters. The van der Waals surface area contributed by atoms with Gasteiger partial charge in [0.15, 0.2) is 0 Å². The lowest BCUT2D eigenvalue weighted by Crippen LogP contribution is -2.25. The van der Waals surface area contributed by atoms with Crippen molar-refractivity contribution in [1.82, 2.24) is 8.75 Å². The third-order valence-electron chi connectivity index (χ3n) is 18.4. The van der Waals surface area contributed by atoms with Gasteiger partial charge in [-0.2, -0.15) is 8.75 Å². The second-order valence-electron chi connectivity index (χ2n) is 24.9. The van der Waals surface area contributed by atoms with E-state index in [1.165, 1.54) is 282 Å². The van der Waals surface area contributed by atoms with Gasteiger partial charge in [0.05, 0.1) is 11.7 Å². The highest BCUT2D eigenvalue weighted by molar-refractivity contribution is 7.28. The van der Waals surface area contributed by atoms with Crippen molar-refractivity contribution in [1.29, 1.82) is 0 Å². The first kappa shape index (κ1) is 63.3. The van der Waals surface area contributed by atoms with Crippen LogP contribution in [0.4, 0.5) is 0 Å². The number of unbranched alkanes of at least 4 members (excludes halogenated alkanes) is 20. The first-order chi connectivity index (χ1) is 42.3. The van der Waals surface area contributed by atoms with Crippen LogP contribution in [0.1, 0.15) is 227 Å². The predicted octanol–water partition coefficient (Wildman–Crippen LogP) is 27.9. The monoisotopic (exact) mass is 1270 g/mol. The molecule has 1 aliphatic rings. The van der Waals surface area contributed by atoms with Gasteiger partial charge in [-0.15, -0.1) is 68.0 Å². The van der Waals surface area contributed by atoms with Crippen LogP contribution >= 0.6 is 79.7 Å². The third kappa shape index (κ3) is 14.8. The first-order valence-electron chi connectivity index (χ1n) is 33.4. The molecule has 9 heteroatoms. The molecule has 452 valence electrons. The number of aromatic nitrogens is 2. The molecule has 7 aromatic heterocycles. The molecule has 86 heavy (non-hydrogen) atoms. The van der Waals surface area contributed by atoms with E-state index in [1.807, 2.05) is 68.0 Å². The fourth-order valence-electron chi connectivity index (χ4n) is 13.6. The standard InChI is InChI=1S/C77H92N2S7/c1-7-11-15-19-23-27-31-56-51-71(84-75(56)69-45-43-66(82-69)65-40-34-54(6)80-65)58-36-37-59(74-73(58)78-86-79-74)72-52-57(32-28-24-20-16-12-8-2)76(85-72)70-46-44-68(83-70)67-42-41-64(81-67)55-35-39-63-61(50-55)60-49-53(5)33-38-62(60)77(63,47-29-25-21-17-13-9-3)48-30-26-22-18-14-10-4/h33-46,49-52H,7-32,47-48H2,1-6H3. The minimum Gasteiger partial charge on any atom is -0.172 e. The summed E-state index contributed by atoms with van der Waals surface area (Å²) in [5, 5.41) is 0. The Kier molecular flexibility index (Phi) is 22.8. The van der Waals surface area contributed by atoms with Gasteiger partial charge >= 0.3 is 0 Å². The summed E-state index contributed by atoms with van der Waals surface area (Å²) in [6.45, 7) is 13.8. The molecular weight excluding hydrogens is 1180 g/mol. The summed E-state index contributed by atoms with van der Waals surface area (Å²) in [5.41, 5.74) is 16.5. The molecule has 0 radical (unpaired) electrons. The van der Waals surface area contributed by atoms with Crippen molar-refractivity contribution in [2.45, 2.75) is 227 Å². The molecule has 0 aliphatic heterocycles. The molecule has 1 aliphatic carbocycles. The minimum atomic E-state index is 0.105. The fourth-order valence-corrected chi connectivity index (χ4v) is 21.0. The summed E-state index contributed by atoms with van der Waals surface area (Å²) in [4.78, 5) is 16.4. The highest BCUT2D eigenvalue weighted by atomic mass is 32.1. The Morgan fingerprint density at radius 3 is 1.22 bits per heavy atom. The fraction of sp³-hybridized carbons (Fsp3) is 0.455. The Labute approximate surface area is 545 Å². The first-order valence-corrected chi connectivity index (χ1v) is 39.1. The maximum absolute atomic E-state index is 5.12. The molecule has 0 spiro atoms. The van der Waals surface area contributed by atoms with Crippen molar-refractivity contribution in [3.05, 3.63) is 142 Å². The van der Waals surface area contributed by atoms with Gasteiger partial charge in [-0.05, 0) is 158 Å². The average Bonchev–Trinajstić information content (AvgIpc) is 1.62. The van der Waals surface area contributed by atoms with E-state index in [1.54, 1.807) is 11.1 Å². The van der Waals surface area contributed by atoms with Crippen LogP contribution in [-0.4, -0.2) is 8.75 Å². The highest BCUT2D eigenvalue weighted by Gasteiger charge is 2.42.